The van der Waals surface area contributed by atoms with Crippen LogP contribution in [0.4, 0.5) is 0 Å². The highest BCUT2D eigenvalue weighted by atomic mass is 14.6. The Kier molecular flexibility index (Phi) is 220. The van der Waals surface area contributed by atoms with Gasteiger partial charge in [0, 0.05) is 7.05 Å². The fourth-order valence-electron chi connectivity index (χ4n) is 0.183. The van der Waals surface area contributed by atoms with E-state index in [9.17, 15) is 0 Å². The van der Waals surface area contributed by atoms with Crippen molar-refractivity contribution in [1.82, 2.24) is 0 Å². The average molecular weight is 215 g/mol. The van der Waals surface area contributed by atoms with Gasteiger partial charge in [0.25, 0.3) is 0 Å². The fourth-order valence-corrected chi connectivity index (χ4v) is 0.183. The molecule has 0 amide bonds. The maximum Gasteiger partial charge on any atom is 0.0273 e. The van der Waals surface area contributed by atoms with Crippen molar-refractivity contribution in [2.75, 3.05) is 7.05 Å². The summed E-state index contributed by atoms with van der Waals surface area (Å²) in [5.41, 5.74) is 0. The number of rotatable bonds is 1. The number of hydrogen-bond acceptors (Lipinski definition) is 1. The van der Waals surface area contributed by atoms with Crippen molar-refractivity contribution >= 4 is 6.21 Å². The predicted molar refractivity (Wildman–Crippen MR) is 79.1 cm³/mol. The molecular weight excluding hydrogens is 182 g/mol. The summed E-state index contributed by atoms with van der Waals surface area (Å²) < 4.78 is 0. The first kappa shape index (κ1) is 29.2. The van der Waals surface area contributed by atoms with E-state index >= 15 is 0 Å². The Morgan fingerprint density at radius 1 is 0.933 bits per heavy atom. The van der Waals surface area contributed by atoms with Crippen molar-refractivity contribution in [1.29, 1.82) is 0 Å². The summed E-state index contributed by atoms with van der Waals surface area (Å²) in [6, 6.07) is 0. The molecule has 0 aliphatic rings. The van der Waals surface area contributed by atoms with E-state index in [2.05, 4.69) is 25.1 Å². The second-order valence-electron chi connectivity index (χ2n) is 1.67. The molecule has 0 unspecified atom stereocenters. The minimum absolute atomic E-state index is 1.05. The molecule has 0 saturated carbocycles. The molecular formula is C14H33N. The zero-order chi connectivity index (χ0) is 13.5. The molecule has 0 aromatic rings. The molecule has 0 aliphatic carbocycles. The van der Waals surface area contributed by atoms with Gasteiger partial charge >= 0.3 is 0 Å². The maximum atomic E-state index is 3.73. The lowest BCUT2D eigenvalue weighted by atomic mass is 10.5. The van der Waals surface area contributed by atoms with Crippen LogP contribution in [0.25, 0.3) is 0 Å². The third kappa shape index (κ3) is 1240. The van der Waals surface area contributed by atoms with E-state index in [1.54, 1.807) is 19.2 Å². The molecule has 0 bridgehead atoms. The van der Waals surface area contributed by atoms with Gasteiger partial charge in [0.15, 0.2) is 0 Å². The highest BCUT2D eigenvalue weighted by Gasteiger charge is 1.53. The molecule has 0 aliphatic heterocycles. The second-order valence-corrected chi connectivity index (χ2v) is 1.67. The number of aliphatic imine (C=N–C) groups is 1. The van der Waals surface area contributed by atoms with Crippen LogP contribution in [-0.2, 0) is 0 Å². The molecule has 0 rings (SSSR count). The first-order valence-corrected chi connectivity index (χ1v) is 5.79. The first-order valence-electron chi connectivity index (χ1n) is 5.79. The molecule has 0 aromatic carbocycles. The molecule has 94 valence electrons. The van der Waals surface area contributed by atoms with Crippen molar-refractivity contribution in [2.24, 2.45) is 4.99 Å². The minimum atomic E-state index is 1.05. The molecule has 1 nitrogen and oxygen atoms in total. The normalized spacial score (nSPS) is 5.87. The van der Waals surface area contributed by atoms with Gasteiger partial charge in [-0.2, -0.15) is 0 Å². The summed E-state index contributed by atoms with van der Waals surface area (Å²) >= 11 is 0. The highest BCUT2D eigenvalue weighted by molar-refractivity contribution is 5.56. The van der Waals surface area contributed by atoms with Gasteiger partial charge in [-0.05, 0) is 26.5 Å². The predicted octanol–water partition coefficient (Wildman–Crippen LogP) is 5.53. The van der Waals surface area contributed by atoms with Crippen LogP contribution < -0.4 is 0 Å². The largest absolute Gasteiger partial charge is 0.301 e. The molecule has 15 heavy (non-hydrogen) atoms. The summed E-state index contributed by atoms with van der Waals surface area (Å²) in [4.78, 5) is 3.73. The van der Waals surface area contributed by atoms with E-state index in [1.807, 2.05) is 47.8 Å². The van der Waals surface area contributed by atoms with E-state index in [-0.39, 0.29) is 0 Å². The zero-order valence-corrected chi connectivity index (χ0v) is 12.3. The number of hydrogen-bond donors (Lipinski definition) is 0. The van der Waals surface area contributed by atoms with Crippen LogP contribution >= 0.6 is 0 Å². The molecule has 0 heterocycles. The molecule has 1 heteroatoms. The van der Waals surface area contributed by atoms with Gasteiger partial charge in [-0.25, -0.2) is 0 Å². The van der Waals surface area contributed by atoms with Crippen LogP contribution in [0.15, 0.2) is 30.3 Å². The molecule has 0 radical (unpaired) electrons. The van der Waals surface area contributed by atoms with Gasteiger partial charge in [0.05, 0.1) is 0 Å². The van der Waals surface area contributed by atoms with Gasteiger partial charge in [-0.15, -0.1) is 13.2 Å². The first-order chi connectivity index (χ1) is 7.24. The number of allylic oxidation sites excluding steroid dienone is 2. The van der Waals surface area contributed by atoms with Crippen LogP contribution in [0.2, 0.25) is 0 Å². The van der Waals surface area contributed by atoms with Crippen molar-refractivity contribution in [3.05, 3.63) is 25.3 Å². The van der Waals surface area contributed by atoms with Crippen molar-refractivity contribution in [3.63, 3.8) is 0 Å². The van der Waals surface area contributed by atoms with Gasteiger partial charge < -0.3 is 4.99 Å². The summed E-state index contributed by atoms with van der Waals surface area (Å²) in [7, 11) is 1.78. The molecule has 0 fully saturated rings. The zero-order valence-electron chi connectivity index (χ0n) is 12.3. The Hall–Kier alpha value is -0.850. The Balaban J connectivity index is -0.0000000296. The summed E-state index contributed by atoms with van der Waals surface area (Å²) in [5.74, 6) is 0. The fraction of sp³-hybridized carbons (Fsp3) is 0.643. The van der Waals surface area contributed by atoms with Crippen LogP contribution in [0.1, 0.15) is 54.9 Å². The van der Waals surface area contributed by atoms with Crippen molar-refractivity contribution in [3.8, 4) is 0 Å². The molecule has 0 atom stereocenters. The third-order valence-electron chi connectivity index (χ3n) is 0.365. The van der Waals surface area contributed by atoms with Crippen LogP contribution in [0, 0.1) is 0 Å². The van der Waals surface area contributed by atoms with Gasteiger partial charge in [-0.3, -0.25) is 0 Å². The highest BCUT2D eigenvalue weighted by Crippen LogP contribution is 1.60. The molecule has 0 N–H and O–H groups in total. The van der Waals surface area contributed by atoms with Crippen LogP contribution in [0.3, 0.4) is 0 Å². The van der Waals surface area contributed by atoms with Crippen molar-refractivity contribution in [2.45, 2.75) is 54.9 Å². The van der Waals surface area contributed by atoms with E-state index < -0.39 is 0 Å². The topological polar surface area (TPSA) is 12.4 Å². The van der Waals surface area contributed by atoms with Crippen LogP contribution in [0.5, 0.6) is 0 Å². The van der Waals surface area contributed by atoms with Crippen molar-refractivity contribution < 1.29 is 0 Å². The summed E-state index contributed by atoms with van der Waals surface area (Å²) in [5, 5.41) is 0. The Labute approximate surface area is 99.0 Å². The Morgan fingerprint density at radius 2 is 1.13 bits per heavy atom. The quantitative estimate of drug-likeness (QED) is 0.402. The standard InChI is InChI=1S/C4H9N.2C3H6.2C2H6/c1-3-4-5-2;2*1-3-2;2*1-2/h4H,3H2,1-2H3;2*3H,1H2,2H3;2*1-2H3. The minimum Gasteiger partial charge on any atom is -0.301 e. The second kappa shape index (κ2) is 113. The Morgan fingerprint density at radius 3 is 1.13 bits per heavy atom. The lowest BCUT2D eigenvalue weighted by Gasteiger charge is -1.65. The van der Waals surface area contributed by atoms with Gasteiger partial charge in [0.2, 0.25) is 0 Å². The smallest absolute Gasteiger partial charge is 0.0273 e. The molecule has 0 spiro atoms. The van der Waals surface area contributed by atoms with Crippen LogP contribution in [-0.4, -0.2) is 13.3 Å². The summed E-state index contributed by atoms with van der Waals surface area (Å²) in [6.07, 6.45) is 6.43. The number of nitrogens with zero attached hydrogens (tertiary/aromatic N) is 1. The maximum absolute atomic E-state index is 3.73. The van der Waals surface area contributed by atoms with E-state index in [0.717, 1.165) is 6.42 Å². The van der Waals surface area contributed by atoms with E-state index in [4.69, 9.17) is 0 Å². The van der Waals surface area contributed by atoms with Gasteiger partial charge in [0.1, 0.15) is 0 Å². The monoisotopic (exact) mass is 215 g/mol. The van der Waals surface area contributed by atoms with E-state index in [0.29, 0.717) is 0 Å². The Bertz CT molecular complexity index is 77.3. The average Bonchev–Trinajstić information content (AvgIpc) is 2.27. The molecule has 0 saturated heterocycles. The van der Waals surface area contributed by atoms with E-state index in [1.165, 1.54) is 0 Å². The lowest BCUT2D eigenvalue weighted by molar-refractivity contribution is 1.29. The third-order valence-corrected chi connectivity index (χ3v) is 0.365. The SMILES string of the molecule is C=CC.C=CC.CC.CC.CCC=NC. The summed E-state index contributed by atoms with van der Waals surface area (Å²) in [6.45, 7) is 20.6. The molecule has 0 aromatic heterocycles. The van der Waals surface area contributed by atoms with Gasteiger partial charge in [-0.1, -0.05) is 46.8 Å². The lowest BCUT2D eigenvalue weighted by Crippen LogP contribution is -1.60.